The zero-order chi connectivity index (χ0) is 7.15. The number of hydrogen-bond acceptors (Lipinski definition) is 6. The molecule has 0 bridgehead atoms. The molecular formula is Ni2O6Si2. The van der Waals surface area contributed by atoms with Crippen LogP contribution in [0.5, 0.6) is 0 Å². The van der Waals surface area contributed by atoms with Crippen LogP contribution in [0.25, 0.3) is 0 Å². The summed E-state index contributed by atoms with van der Waals surface area (Å²) in [4.78, 5) is 34.1. The molecule has 0 saturated carbocycles. The van der Waals surface area contributed by atoms with E-state index in [4.69, 9.17) is 28.1 Å². The minimum absolute atomic E-state index is 0. The fourth-order valence-corrected chi connectivity index (χ4v) is 0. The topological polar surface area (TPSA) is 126 Å². The predicted octanol–water partition coefficient (Wildman–Crippen LogP) is -5.76. The maximum Gasteiger partial charge on any atom is 2.00 e. The molecule has 10 heavy (non-hydrogen) atoms. The van der Waals surface area contributed by atoms with Gasteiger partial charge in [-0.2, -0.15) is 0 Å². The maximum absolute atomic E-state index is 8.52. The van der Waals surface area contributed by atoms with Gasteiger partial charge >= 0.3 is 33.0 Å². The van der Waals surface area contributed by atoms with Crippen molar-refractivity contribution in [3.8, 4) is 0 Å². The van der Waals surface area contributed by atoms with E-state index in [0.29, 0.717) is 0 Å². The number of hydrogen-bond donors (Lipinski definition) is 0. The third-order valence-electron chi connectivity index (χ3n) is 0. The molecule has 0 aliphatic carbocycles. The predicted molar refractivity (Wildman–Crippen MR) is 12.9 cm³/mol. The molecule has 0 aromatic heterocycles. The fraction of sp³-hybridized carbons (Fsp3) is 0. The Kier molecular flexibility index (Phi) is 36.2. The van der Waals surface area contributed by atoms with Gasteiger partial charge in [0.15, 0.2) is 0 Å². The SMILES string of the molecule is O=[Si]([O-])[O-].O=[Si]([O-])[O-].[Ni+2].[Ni+2]. The first-order valence-electron chi connectivity index (χ1n) is 1.22. The zero-order valence-electron chi connectivity index (χ0n) is 4.08. The van der Waals surface area contributed by atoms with Gasteiger partial charge in [0.25, 0.3) is 0 Å². The summed E-state index contributed by atoms with van der Waals surface area (Å²) in [5, 5.41) is 0. The normalized spacial score (nSPS) is 4.80. The second-order valence-corrected chi connectivity index (χ2v) is 1.50. The van der Waals surface area contributed by atoms with Gasteiger partial charge in [0.1, 0.15) is 0 Å². The third kappa shape index (κ3) is 8790. The first-order chi connectivity index (χ1) is 3.46. The van der Waals surface area contributed by atoms with Crippen molar-refractivity contribution in [1.29, 1.82) is 0 Å². The first-order valence-corrected chi connectivity index (χ1v) is 3.67. The van der Waals surface area contributed by atoms with Gasteiger partial charge in [-0.25, -0.2) is 0 Å². The van der Waals surface area contributed by atoms with Crippen LogP contribution in [-0.2, 0) is 41.9 Å². The summed E-state index contributed by atoms with van der Waals surface area (Å²) in [5.74, 6) is 0. The molecule has 0 aromatic rings. The van der Waals surface area contributed by atoms with E-state index in [1.807, 2.05) is 0 Å². The van der Waals surface area contributed by atoms with Gasteiger partial charge in [-0.3, -0.25) is 0 Å². The summed E-state index contributed by atoms with van der Waals surface area (Å²) in [5.41, 5.74) is 0. The van der Waals surface area contributed by atoms with Gasteiger partial charge < -0.3 is 28.1 Å². The molecule has 0 atom stereocenters. The van der Waals surface area contributed by atoms with Crippen LogP contribution in [0.3, 0.4) is 0 Å². The van der Waals surface area contributed by atoms with Crippen molar-refractivity contribution in [2.75, 3.05) is 0 Å². The molecule has 0 radical (unpaired) electrons. The Labute approximate surface area is 79.6 Å². The van der Waals surface area contributed by atoms with E-state index < -0.39 is 18.3 Å². The van der Waals surface area contributed by atoms with Gasteiger partial charge in [-0.15, -0.1) is 0 Å². The second kappa shape index (κ2) is 16.1. The molecule has 0 unspecified atom stereocenters. The van der Waals surface area contributed by atoms with E-state index >= 15 is 0 Å². The van der Waals surface area contributed by atoms with Crippen LogP contribution in [0.1, 0.15) is 0 Å². The summed E-state index contributed by atoms with van der Waals surface area (Å²) in [6.45, 7) is 0. The van der Waals surface area contributed by atoms with Crippen LogP contribution >= 0.6 is 0 Å². The Morgan fingerprint density at radius 1 is 0.700 bits per heavy atom. The van der Waals surface area contributed by atoms with Crippen molar-refractivity contribution in [3.63, 3.8) is 0 Å². The van der Waals surface area contributed by atoms with Crippen molar-refractivity contribution in [2.24, 2.45) is 0 Å². The van der Waals surface area contributed by atoms with E-state index in [-0.39, 0.29) is 33.0 Å². The summed E-state index contributed by atoms with van der Waals surface area (Å²) in [6, 6.07) is 0. The van der Waals surface area contributed by atoms with Crippen molar-refractivity contribution < 1.29 is 61.1 Å². The monoisotopic (exact) mass is 268 g/mol. The van der Waals surface area contributed by atoms with E-state index in [1.54, 1.807) is 0 Å². The van der Waals surface area contributed by atoms with Crippen LogP contribution in [0, 0.1) is 0 Å². The van der Waals surface area contributed by atoms with Crippen molar-refractivity contribution in [2.45, 2.75) is 0 Å². The molecule has 0 heterocycles. The maximum atomic E-state index is 8.52. The van der Waals surface area contributed by atoms with Crippen LogP contribution < -0.4 is 19.2 Å². The van der Waals surface area contributed by atoms with Crippen LogP contribution in [0.4, 0.5) is 0 Å². The van der Waals surface area contributed by atoms with Gasteiger partial charge in [0.05, 0.1) is 0 Å². The van der Waals surface area contributed by atoms with Crippen molar-refractivity contribution in [3.05, 3.63) is 0 Å². The average molecular weight is 270 g/mol. The fourth-order valence-electron chi connectivity index (χ4n) is 0. The molecule has 0 rings (SSSR count). The summed E-state index contributed by atoms with van der Waals surface area (Å²) in [6.07, 6.45) is 0. The average Bonchev–Trinajstić information content (AvgIpc) is 1.25. The molecule has 0 aromatic carbocycles. The Hall–Kier alpha value is 0.221. The number of rotatable bonds is 0. The Balaban J connectivity index is -0.0000000300. The summed E-state index contributed by atoms with van der Waals surface area (Å²) in [7, 11) is -7.26. The molecule has 0 fully saturated rings. The van der Waals surface area contributed by atoms with Crippen molar-refractivity contribution >= 4 is 18.3 Å². The van der Waals surface area contributed by atoms with Crippen LogP contribution in [0.2, 0.25) is 0 Å². The molecule has 64 valence electrons. The molecule has 0 saturated heterocycles. The third-order valence-corrected chi connectivity index (χ3v) is 0. The van der Waals surface area contributed by atoms with Gasteiger partial charge in [0, 0.05) is 18.3 Å². The molecule has 0 spiro atoms. The second-order valence-electron chi connectivity index (χ2n) is 0.500. The van der Waals surface area contributed by atoms with E-state index in [9.17, 15) is 0 Å². The molecule has 0 amide bonds. The van der Waals surface area contributed by atoms with Gasteiger partial charge in [-0.1, -0.05) is 0 Å². The van der Waals surface area contributed by atoms with E-state index in [1.165, 1.54) is 0 Å². The molecule has 6 nitrogen and oxygen atoms in total. The molecule has 0 aliphatic rings. The van der Waals surface area contributed by atoms with Gasteiger partial charge in [0.2, 0.25) is 0 Å². The summed E-state index contributed by atoms with van der Waals surface area (Å²) < 4.78 is 17.0. The van der Waals surface area contributed by atoms with Crippen LogP contribution in [0.15, 0.2) is 0 Å². The van der Waals surface area contributed by atoms with Crippen molar-refractivity contribution in [1.82, 2.24) is 0 Å². The Morgan fingerprint density at radius 2 is 0.700 bits per heavy atom. The van der Waals surface area contributed by atoms with Crippen LogP contribution in [-0.4, -0.2) is 18.3 Å². The molecule has 10 heteroatoms. The Morgan fingerprint density at radius 3 is 0.700 bits per heavy atom. The molecular weight excluding hydrogens is 270 g/mol. The molecule has 0 N–H and O–H groups in total. The van der Waals surface area contributed by atoms with E-state index in [0.717, 1.165) is 0 Å². The molecule has 0 aliphatic heterocycles. The Bertz CT molecular complexity index is 71.7. The largest absolute Gasteiger partial charge is 2.00 e. The standard InChI is InChI=1S/2Ni.2O3Si/c;;2*1-4(2)3/q2*+2;2*-2. The minimum Gasteiger partial charge on any atom is -0.672 e. The van der Waals surface area contributed by atoms with E-state index in [2.05, 4.69) is 0 Å². The minimum atomic E-state index is -3.63. The van der Waals surface area contributed by atoms with Gasteiger partial charge in [-0.05, 0) is 0 Å². The smallest absolute Gasteiger partial charge is 0.672 e. The quantitative estimate of drug-likeness (QED) is 0.403. The first kappa shape index (κ1) is 22.5. The zero-order valence-corrected chi connectivity index (χ0v) is 8.06. The summed E-state index contributed by atoms with van der Waals surface area (Å²) >= 11 is 0.